The predicted molar refractivity (Wildman–Crippen MR) is 167 cm³/mol. The molecule has 220 valence electrons. The van der Waals surface area contributed by atoms with Crippen LogP contribution < -0.4 is 9.62 Å². The molecule has 0 saturated carbocycles. The zero-order valence-electron chi connectivity index (χ0n) is 24.4. The van der Waals surface area contributed by atoms with Crippen LogP contribution in [0.3, 0.4) is 0 Å². The predicted octanol–water partition coefficient (Wildman–Crippen LogP) is 5.67. The van der Waals surface area contributed by atoms with Crippen LogP contribution in [0.4, 0.5) is 5.69 Å². The van der Waals surface area contributed by atoms with Gasteiger partial charge in [-0.1, -0.05) is 60.1 Å². The van der Waals surface area contributed by atoms with Gasteiger partial charge >= 0.3 is 0 Å². The highest BCUT2D eigenvalue weighted by atomic mass is 35.5. The number of rotatable bonds is 13. The van der Waals surface area contributed by atoms with E-state index in [0.717, 1.165) is 22.3 Å². The van der Waals surface area contributed by atoms with Crippen molar-refractivity contribution in [1.82, 2.24) is 10.2 Å². The number of hydrogen-bond donors (Lipinski definition) is 1. The van der Waals surface area contributed by atoms with Gasteiger partial charge in [-0.2, -0.15) is 0 Å². The van der Waals surface area contributed by atoms with E-state index in [-0.39, 0.29) is 43.8 Å². The molecule has 0 aliphatic rings. The van der Waals surface area contributed by atoms with Crippen LogP contribution in [0, 0.1) is 13.8 Å². The molecular weight excluding hydrogens is 558 g/mol. The van der Waals surface area contributed by atoms with Crippen LogP contribution in [-0.4, -0.2) is 50.0 Å². The maximum Gasteiger partial charge on any atom is 0.243 e. The number of nitrogens with one attached hydrogen (secondary N) is 1. The molecule has 1 N–H and O–H groups in total. The summed E-state index contributed by atoms with van der Waals surface area (Å²) >= 11 is 6.24. The molecule has 7 nitrogen and oxygen atoms in total. The van der Waals surface area contributed by atoms with Gasteiger partial charge in [-0.3, -0.25) is 13.9 Å². The molecule has 1 atom stereocenters. The Hall–Kier alpha value is -3.36. The van der Waals surface area contributed by atoms with E-state index >= 15 is 0 Å². The van der Waals surface area contributed by atoms with Crippen LogP contribution in [0.25, 0.3) is 0 Å². The summed E-state index contributed by atoms with van der Waals surface area (Å²) in [5, 5.41) is 3.51. The molecule has 9 heteroatoms. The van der Waals surface area contributed by atoms with Crippen molar-refractivity contribution in [2.45, 2.75) is 65.6 Å². The number of benzene rings is 3. The van der Waals surface area contributed by atoms with Gasteiger partial charge in [-0.25, -0.2) is 8.42 Å². The van der Waals surface area contributed by atoms with E-state index in [0.29, 0.717) is 17.1 Å². The fraction of sp³-hybridized carbons (Fsp3) is 0.375. The second kappa shape index (κ2) is 14.5. The van der Waals surface area contributed by atoms with Crippen LogP contribution in [0.1, 0.15) is 48.9 Å². The summed E-state index contributed by atoms with van der Waals surface area (Å²) < 4.78 is 26.7. The van der Waals surface area contributed by atoms with E-state index < -0.39 is 16.1 Å². The molecule has 3 aromatic rings. The molecule has 0 aromatic heterocycles. The first-order valence-corrected chi connectivity index (χ1v) is 16.0. The largest absolute Gasteiger partial charge is 0.352 e. The molecule has 2 amide bonds. The highest BCUT2D eigenvalue weighted by Crippen LogP contribution is 2.23. The zero-order valence-corrected chi connectivity index (χ0v) is 26.0. The number of nitrogens with zero attached hydrogens (tertiary/aromatic N) is 2. The summed E-state index contributed by atoms with van der Waals surface area (Å²) in [4.78, 5) is 29.0. The van der Waals surface area contributed by atoms with Crippen LogP contribution in [0.15, 0.2) is 72.8 Å². The highest BCUT2D eigenvalue weighted by molar-refractivity contribution is 7.92. The number of hydrogen-bond acceptors (Lipinski definition) is 4. The summed E-state index contributed by atoms with van der Waals surface area (Å²) in [5.41, 5.74) is 4.35. The molecule has 3 aromatic carbocycles. The van der Waals surface area contributed by atoms with Gasteiger partial charge in [0, 0.05) is 37.0 Å². The lowest BCUT2D eigenvalue weighted by Crippen LogP contribution is -2.51. The fourth-order valence-electron chi connectivity index (χ4n) is 4.65. The van der Waals surface area contributed by atoms with Gasteiger partial charge in [0.15, 0.2) is 0 Å². The normalized spacial score (nSPS) is 12.2. The Morgan fingerprint density at radius 3 is 2.20 bits per heavy atom. The third kappa shape index (κ3) is 9.61. The van der Waals surface area contributed by atoms with Gasteiger partial charge in [0.25, 0.3) is 0 Å². The Balaban J connectivity index is 1.89. The Labute approximate surface area is 249 Å². The van der Waals surface area contributed by atoms with Crippen molar-refractivity contribution in [1.29, 1.82) is 0 Å². The first-order valence-electron chi connectivity index (χ1n) is 13.8. The molecule has 0 radical (unpaired) electrons. The van der Waals surface area contributed by atoms with Crippen LogP contribution >= 0.6 is 11.6 Å². The molecule has 0 spiro atoms. The van der Waals surface area contributed by atoms with Gasteiger partial charge in [0.05, 0.1) is 11.9 Å². The van der Waals surface area contributed by atoms with E-state index in [1.54, 1.807) is 23.1 Å². The van der Waals surface area contributed by atoms with Crippen molar-refractivity contribution >= 4 is 39.1 Å². The monoisotopic (exact) mass is 597 g/mol. The second-order valence-electron chi connectivity index (χ2n) is 10.7. The molecule has 0 fully saturated rings. The molecule has 0 bridgehead atoms. The van der Waals surface area contributed by atoms with E-state index in [4.69, 9.17) is 11.6 Å². The van der Waals surface area contributed by atoms with Crippen molar-refractivity contribution in [3.8, 4) is 0 Å². The summed E-state index contributed by atoms with van der Waals surface area (Å²) in [7, 11) is -3.57. The smallest absolute Gasteiger partial charge is 0.243 e. The fourth-order valence-corrected chi connectivity index (χ4v) is 5.82. The Bertz CT molecular complexity index is 1440. The minimum atomic E-state index is -3.57. The number of amides is 2. The Morgan fingerprint density at radius 2 is 1.59 bits per heavy atom. The SMILES string of the molecule is Cc1ccc(N(CCCC(=O)N(Cc2cccc(Cl)c2)C(Cc2ccccc2)C(=O)NC(C)C)S(C)(=O)=O)cc1C. The zero-order chi connectivity index (χ0) is 30.2. The Kier molecular flexibility index (Phi) is 11.4. The molecule has 3 rings (SSSR count). The Morgan fingerprint density at radius 1 is 0.902 bits per heavy atom. The second-order valence-corrected chi connectivity index (χ2v) is 13.1. The molecule has 0 aliphatic carbocycles. The van der Waals surface area contributed by atoms with Gasteiger partial charge in [-0.15, -0.1) is 0 Å². The van der Waals surface area contributed by atoms with Gasteiger partial charge in [0.1, 0.15) is 6.04 Å². The molecule has 41 heavy (non-hydrogen) atoms. The number of sulfonamides is 1. The third-order valence-electron chi connectivity index (χ3n) is 6.87. The molecule has 0 heterocycles. The summed E-state index contributed by atoms with van der Waals surface area (Å²) in [6.07, 6.45) is 1.86. The van der Waals surface area contributed by atoms with Gasteiger partial charge < -0.3 is 10.2 Å². The minimum absolute atomic E-state index is 0.0671. The number of carbonyl (C=O) groups is 2. The number of carbonyl (C=O) groups excluding carboxylic acids is 2. The van der Waals surface area contributed by atoms with Crippen LogP contribution in [0.2, 0.25) is 5.02 Å². The lowest BCUT2D eigenvalue weighted by molar-refractivity contribution is -0.141. The van der Waals surface area contributed by atoms with Crippen LogP contribution in [-0.2, 0) is 32.6 Å². The average Bonchev–Trinajstić information content (AvgIpc) is 2.89. The van der Waals surface area contributed by atoms with Crippen molar-refractivity contribution in [3.05, 3.63) is 100 Å². The summed E-state index contributed by atoms with van der Waals surface area (Å²) in [5.74, 6) is -0.481. The minimum Gasteiger partial charge on any atom is -0.352 e. The number of halogens is 1. The highest BCUT2D eigenvalue weighted by Gasteiger charge is 2.31. The quantitative estimate of drug-likeness (QED) is 0.275. The molecule has 0 aliphatic heterocycles. The van der Waals surface area contributed by atoms with Gasteiger partial charge in [-0.05, 0) is 80.6 Å². The standard InChI is InChI=1S/C32H40ClN3O4S/c1-23(2)34-32(38)30(21-26-11-7-6-8-12-26)35(22-27-13-9-14-28(33)20-27)31(37)15-10-18-36(41(5,39)40)29-17-16-24(3)25(4)19-29/h6-9,11-14,16-17,19-20,23,30H,10,15,18,21-22H2,1-5H3,(H,34,38). The van der Waals surface area contributed by atoms with Crippen molar-refractivity contribution in [2.24, 2.45) is 0 Å². The van der Waals surface area contributed by atoms with Crippen molar-refractivity contribution < 1.29 is 18.0 Å². The third-order valence-corrected chi connectivity index (χ3v) is 8.30. The first kappa shape index (κ1) is 32.2. The maximum absolute atomic E-state index is 13.9. The molecular formula is C32H40ClN3O4S. The number of aryl methyl sites for hydroxylation is 2. The lowest BCUT2D eigenvalue weighted by Gasteiger charge is -2.32. The number of anilines is 1. The topological polar surface area (TPSA) is 86.8 Å². The van der Waals surface area contributed by atoms with E-state index in [1.165, 1.54) is 10.6 Å². The van der Waals surface area contributed by atoms with Crippen molar-refractivity contribution in [3.63, 3.8) is 0 Å². The maximum atomic E-state index is 13.9. The average molecular weight is 598 g/mol. The van der Waals surface area contributed by atoms with E-state index in [1.807, 2.05) is 82.3 Å². The molecule has 0 saturated heterocycles. The van der Waals surface area contributed by atoms with Crippen molar-refractivity contribution in [2.75, 3.05) is 17.1 Å². The molecule has 1 unspecified atom stereocenters. The van der Waals surface area contributed by atoms with Crippen LogP contribution in [0.5, 0.6) is 0 Å². The van der Waals surface area contributed by atoms with E-state index in [2.05, 4.69) is 5.32 Å². The van der Waals surface area contributed by atoms with E-state index in [9.17, 15) is 18.0 Å². The summed E-state index contributed by atoms with van der Waals surface area (Å²) in [6, 6.07) is 21.5. The first-order chi connectivity index (χ1) is 19.3. The lowest BCUT2D eigenvalue weighted by atomic mass is 10.0. The summed E-state index contributed by atoms with van der Waals surface area (Å²) in [6.45, 7) is 8.00. The van der Waals surface area contributed by atoms with Gasteiger partial charge in [0.2, 0.25) is 21.8 Å².